The number of rotatable bonds is 3. The van der Waals surface area contributed by atoms with E-state index in [0.29, 0.717) is 23.6 Å². The lowest BCUT2D eigenvalue weighted by Crippen LogP contribution is -2.36. The zero-order valence-electron chi connectivity index (χ0n) is 10.7. The number of hydrogen-bond acceptors (Lipinski definition) is 5. The van der Waals surface area contributed by atoms with Crippen molar-refractivity contribution in [2.24, 2.45) is 11.7 Å². The first-order valence-electron chi connectivity index (χ1n) is 6.29. The van der Waals surface area contributed by atoms with E-state index in [9.17, 15) is 4.79 Å². The van der Waals surface area contributed by atoms with Gasteiger partial charge in [0.1, 0.15) is 6.07 Å². The number of amides is 1. The van der Waals surface area contributed by atoms with Gasteiger partial charge >= 0.3 is 0 Å². The smallest absolute Gasteiger partial charge is 0.217 e. The molecule has 0 radical (unpaired) electrons. The molecule has 6 heteroatoms. The molecule has 1 aliphatic rings. The largest absolute Gasteiger partial charge is 0.396 e. The molecule has 0 bridgehead atoms. The molecule has 1 saturated heterocycles. The van der Waals surface area contributed by atoms with Gasteiger partial charge in [-0.15, -0.1) is 0 Å². The van der Waals surface area contributed by atoms with Gasteiger partial charge in [-0.1, -0.05) is 0 Å². The van der Waals surface area contributed by atoms with Crippen LogP contribution in [0, 0.1) is 17.2 Å². The number of carbonyl (C=O) groups excluding carboxylic acids is 1. The fraction of sp³-hybridized carbons (Fsp3) is 0.462. The minimum Gasteiger partial charge on any atom is -0.396 e. The third-order valence-electron chi connectivity index (χ3n) is 3.43. The highest BCUT2D eigenvalue weighted by atomic mass is 16.1. The van der Waals surface area contributed by atoms with Crippen LogP contribution >= 0.6 is 0 Å². The van der Waals surface area contributed by atoms with E-state index in [0.717, 1.165) is 31.7 Å². The van der Waals surface area contributed by atoms with Crippen LogP contribution < -0.4 is 16.4 Å². The average Bonchev–Trinajstić information content (AvgIpc) is 2.39. The zero-order valence-corrected chi connectivity index (χ0v) is 10.7. The van der Waals surface area contributed by atoms with Gasteiger partial charge < -0.3 is 16.4 Å². The lowest BCUT2D eigenvalue weighted by Gasteiger charge is -2.32. The summed E-state index contributed by atoms with van der Waals surface area (Å²) in [7, 11) is 0. The first kappa shape index (κ1) is 13.1. The Morgan fingerprint density at radius 2 is 2.21 bits per heavy atom. The first-order valence-corrected chi connectivity index (χ1v) is 6.29. The molecular formula is C13H17N5O. The number of primary amides is 1. The van der Waals surface area contributed by atoms with Gasteiger partial charge in [0.15, 0.2) is 5.82 Å². The molecule has 2 heterocycles. The molecule has 19 heavy (non-hydrogen) atoms. The summed E-state index contributed by atoms with van der Waals surface area (Å²) < 4.78 is 0. The summed E-state index contributed by atoms with van der Waals surface area (Å²) in [6.45, 7) is 1.61. The van der Waals surface area contributed by atoms with E-state index in [1.807, 2.05) is 6.07 Å². The third-order valence-corrected chi connectivity index (χ3v) is 3.43. The molecular weight excluding hydrogens is 242 g/mol. The van der Waals surface area contributed by atoms with Crippen LogP contribution in [0.15, 0.2) is 12.3 Å². The number of nitrogens with zero attached hydrogens (tertiary/aromatic N) is 3. The van der Waals surface area contributed by atoms with Gasteiger partial charge in [0.05, 0.1) is 11.3 Å². The minimum absolute atomic E-state index is 0.241. The van der Waals surface area contributed by atoms with Crippen molar-refractivity contribution in [2.75, 3.05) is 23.7 Å². The molecule has 100 valence electrons. The molecule has 1 aromatic heterocycles. The second-order valence-corrected chi connectivity index (χ2v) is 4.85. The van der Waals surface area contributed by atoms with E-state index in [1.165, 1.54) is 6.20 Å². The Kier molecular flexibility index (Phi) is 3.85. The molecule has 1 aliphatic heterocycles. The van der Waals surface area contributed by atoms with Crippen LogP contribution in [-0.4, -0.2) is 24.0 Å². The number of nitrogens with two attached hydrogens (primary N) is 2. The Bertz CT molecular complexity index is 514. The van der Waals surface area contributed by atoms with Gasteiger partial charge in [-0.2, -0.15) is 5.26 Å². The number of hydrogen-bond donors (Lipinski definition) is 2. The van der Waals surface area contributed by atoms with Crippen LogP contribution in [0.1, 0.15) is 24.8 Å². The monoisotopic (exact) mass is 259 g/mol. The van der Waals surface area contributed by atoms with Crippen LogP contribution in [-0.2, 0) is 4.79 Å². The van der Waals surface area contributed by atoms with E-state index in [4.69, 9.17) is 16.7 Å². The lowest BCUT2D eigenvalue weighted by atomic mass is 9.93. The summed E-state index contributed by atoms with van der Waals surface area (Å²) in [6, 6.07) is 3.65. The van der Waals surface area contributed by atoms with Crippen molar-refractivity contribution in [1.29, 1.82) is 5.26 Å². The average molecular weight is 259 g/mol. The van der Waals surface area contributed by atoms with Crippen molar-refractivity contribution in [2.45, 2.75) is 19.3 Å². The van der Waals surface area contributed by atoms with Gasteiger partial charge in [-0.25, -0.2) is 4.98 Å². The maximum Gasteiger partial charge on any atom is 0.217 e. The number of pyridine rings is 1. The summed E-state index contributed by atoms with van der Waals surface area (Å²) in [4.78, 5) is 17.2. The molecule has 0 saturated carbocycles. The number of aromatic nitrogens is 1. The molecule has 0 aromatic carbocycles. The van der Waals surface area contributed by atoms with Crippen LogP contribution in [0.2, 0.25) is 0 Å². The number of nitrogen functional groups attached to an aromatic ring is 1. The fourth-order valence-corrected chi connectivity index (χ4v) is 2.43. The van der Waals surface area contributed by atoms with Crippen molar-refractivity contribution >= 4 is 17.4 Å². The first-order chi connectivity index (χ1) is 9.10. The van der Waals surface area contributed by atoms with Crippen LogP contribution in [0.3, 0.4) is 0 Å². The fourth-order valence-electron chi connectivity index (χ4n) is 2.43. The van der Waals surface area contributed by atoms with Crippen molar-refractivity contribution < 1.29 is 4.79 Å². The highest BCUT2D eigenvalue weighted by Crippen LogP contribution is 2.27. The van der Waals surface area contributed by atoms with Gasteiger partial charge in [0.2, 0.25) is 5.91 Å². The number of anilines is 2. The molecule has 0 unspecified atom stereocenters. The van der Waals surface area contributed by atoms with Crippen molar-refractivity contribution in [3.63, 3.8) is 0 Å². The van der Waals surface area contributed by atoms with E-state index in [1.54, 1.807) is 6.07 Å². The number of nitriles is 1. The van der Waals surface area contributed by atoms with Crippen LogP contribution in [0.25, 0.3) is 0 Å². The summed E-state index contributed by atoms with van der Waals surface area (Å²) in [5.74, 6) is 0.833. The molecule has 1 aromatic rings. The van der Waals surface area contributed by atoms with Crippen LogP contribution in [0.4, 0.5) is 11.5 Å². The predicted molar refractivity (Wildman–Crippen MR) is 72.1 cm³/mol. The van der Waals surface area contributed by atoms with Crippen molar-refractivity contribution in [1.82, 2.24) is 4.98 Å². The highest BCUT2D eigenvalue weighted by molar-refractivity contribution is 5.74. The lowest BCUT2D eigenvalue weighted by molar-refractivity contribution is -0.119. The van der Waals surface area contributed by atoms with E-state index >= 15 is 0 Å². The highest BCUT2D eigenvalue weighted by Gasteiger charge is 2.22. The summed E-state index contributed by atoms with van der Waals surface area (Å²) in [6.07, 6.45) is 3.79. The van der Waals surface area contributed by atoms with Crippen LogP contribution in [0.5, 0.6) is 0 Å². The Morgan fingerprint density at radius 3 is 2.74 bits per heavy atom. The summed E-state index contributed by atoms with van der Waals surface area (Å²) in [5.41, 5.74) is 12.1. The summed E-state index contributed by atoms with van der Waals surface area (Å²) in [5, 5.41) is 8.78. The van der Waals surface area contributed by atoms with E-state index < -0.39 is 0 Å². The quantitative estimate of drug-likeness (QED) is 0.827. The standard InChI is InChI=1S/C13H17N5O/c14-7-10-5-11(15)13(17-8-10)18-3-1-9(2-4-18)6-12(16)19/h5,8-9H,1-4,6,15H2,(H2,16,19). The van der Waals surface area contributed by atoms with Gasteiger partial charge in [-0.3, -0.25) is 4.79 Å². The third kappa shape index (κ3) is 3.13. The maximum absolute atomic E-state index is 10.9. The Hall–Kier alpha value is -2.29. The van der Waals surface area contributed by atoms with E-state index in [2.05, 4.69) is 9.88 Å². The summed E-state index contributed by atoms with van der Waals surface area (Å²) >= 11 is 0. The molecule has 0 atom stereocenters. The molecule has 0 spiro atoms. The molecule has 0 aliphatic carbocycles. The van der Waals surface area contributed by atoms with Crippen molar-refractivity contribution in [3.05, 3.63) is 17.8 Å². The van der Waals surface area contributed by atoms with Gasteiger partial charge in [-0.05, 0) is 24.8 Å². The Morgan fingerprint density at radius 1 is 1.53 bits per heavy atom. The molecule has 1 amide bonds. The minimum atomic E-state index is -0.241. The topological polar surface area (TPSA) is 109 Å². The Balaban J connectivity index is 2.02. The maximum atomic E-state index is 10.9. The second kappa shape index (κ2) is 5.57. The predicted octanol–water partition coefficient (Wildman–Crippen LogP) is 0.627. The SMILES string of the molecule is N#Cc1cnc(N2CCC(CC(N)=O)CC2)c(N)c1. The Labute approximate surface area is 112 Å². The molecule has 4 N–H and O–H groups in total. The molecule has 2 rings (SSSR count). The number of carbonyl (C=O) groups is 1. The molecule has 6 nitrogen and oxygen atoms in total. The van der Waals surface area contributed by atoms with E-state index in [-0.39, 0.29) is 5.91 Å². The second-order valence-electron chi connectivity index (χ2n) is 4.85. The van der Waals surface area contributed by atoms with Crippen molar-refractivity contribution in [3.8, 4) is 6.07 Å². The normalized spacial score (nSPS) is 16.1. The van der Waals surface area contributed by atoms with Gasteiger partial charge in [0, 0.05) is 25.7 Å². The zero-order chi connectivity index (χ0) is 13.8. The molecule has 1 fully saturated rings. The van der Waals surface area contributed by atoms with Gasteiger partial charge in [0.25, 0.3) is 0 Å². The number of piperidine rings is 1.